The summed E-state index contributed by atoms with van der Waals surface area (Å²) >= 11 is 0. The molecule has 5 nitrogen and oxygen atoms in total. The summed E-state index contributed by atoms with van der Waals surface area (Å²) in [7, 11) is 0. The van der Waals surface area contributed by atoms with Crippen LogP contribution in [0.3, 0.4) is 0 Å². The Balaban J connectivity index is 1.94. The summed E-state index contributed by atoms with van der Waals surface area (Å²) in [5.41, 5.74) is 2.56. The summed E-state index contributed by atoms with van der Waals surface area (Å²) in [6.45, 7) is 3.54. The van der Waals surface area contributed by atoms with Crippen molar-refractivity contribution < 1.29 is 13.6 Å². The van der Waals surface area contributed by atoms with Crippen LogP contribution in [0.5, 0.6) is 0 Å². The van der Waals surface area contributed by atoms with Gasteiger partial charge in [-0.3, -0.25) is 0 Å². The number of rotatable bonds is 7. The number of pyridine rings is 1. The van der Waals surface area contributed by atoms with E-state index in [-0.39, 0.29) is 11.5 Å². The van der Waals surface area contributed by atoms with Gasteiger partial charge >= 0.3 is 0 Å². The maximum Gasteiger partial charge on any atom is 0.282 e. The first kappa shape index (κ1) is 18.7. The lowest BCUT2D eigenvalue weighted by atomic mass is 10.1. The van der Waals surface area contributed by atoms with Crippen LogP contribution in [-0.2, 0) is 11.2 Å². The predicted molar refractivity (Wildman–Crippen MR) is 99.8 cm³/mol. The molecule has 2 aromatic heterocycles. The van der Waals surface area contributed by atoms with Crippen LogP contribution in [0.4, 0.5) is 20.3 Å². The SMILES string of the molecule is CC(=O)CCc1cc(Nc2ccc(C)cc2)nc(-n2ccc(C(F)F)n2)c1. The van der Waals surface area contributed by atoms with Gasteiger partial charge < -0.3 is 10.1 Å². The minimum Gasteiger partial charge on any atom is -0.340 e. The third-order valence-corrected chi connectivity index (χ3v) is 4.03. The number of ketones is 1. The third-order valence-electron chi connectivity index (χ3n) is 4.03. The Bertz CT molecular complexity index is 935. The molecule has 0 amide bonds. The van der Waals surface area contributed by atoms with Crippen molar-refractivity contribution in [1.82, 2.24) is 14.8 Å². The summed E-state index contributed by atoms with van der Waals surface area (Å²) in [6, 6.07) is 12.7. The zero-order valence-electron chi connectivity index (χ0n) is 15.1. The Morgan fingerprint density at radius 1 is 1.19 bits per heavy atom. The lowest BCUT2D eigenvalue weighted by Gasteiger charge is -2.11. The van der Waals surface area contributed by atoms with Crippen molar-refractivity contribution in [1.29, 1.82) is 0 Å². The van der Waals surface area contributed by atoms with Gasteiger partial charge in [0.1, 0.15) is 17.3 Å². The van der Waals surface area contributed by atoms with E-state index in [0.29, 0.717) is 24.5 Å². The molecule has 3 rings (SSSR count). The minimum atomic E-state index is -2.64. The van der Waals surface area contributed by atoms with Crippen molar-refractivity contribution in [2.75, 3.05) is 5.32 Å². The number of halogens is 2. The van der Waals surface area contributed by atoms with Crippen molar-refractivity contribution in [2.24, 2.45) is 0 Å². The van der Waals surface area contributed by atoms with Gasteiger partial charge in [0.15, 0.2) is 5.82 Å². The molecule has 0 atom stereocenters. The van der Waals surface area contributed by atoms with Crippen LogP contribution in [0.2, 0.25) is 0 Å². The molecule has 0 aliphatic rings. The van der Waals surface area contributed by atoms with Crippen LogP contribution >= 0.6 is 0 Å². The van der Waals surface area contributed by atoms with E-state index < -0.39 is 6.43 Å². The van der Waals surface area contributed by atoms with E-state index in [2.05, 4.69) is 15.4 Å². The number of aromatic nitrogens is 3. The molecule has 0 unspecified atom stereocenters. The fourth-order valence-electron chi connectivity index (χ4n) is 2.58. The van der Waals surface area contributed by atoms with Gasteiger partial charge in [0, 0.05) is 18.3 Å². The van der Waals surface area contributed by atoms with Gasteiger partial charge in [-0.15, -0.1) is 0 Å². The third kappa shape index (κ3) is 4.97. The van der Waals surface area contributed by atoms with Gasteiger partial charge in [0.05, 0.1) is 0 Å². The summed E-state index contributed by atoms with van der Waals surface area (Å²) < 4.78 is 27.0. The second kappa shape index (κ2) is 8.07. The zero-order chi connectivity index (χ0) is 19.4. The lowest BCUT2D eigenvalue weighted by Crippen LogP contribution is -2.05. The summed E-state index contributed by atoms with van der Waals surface area (Å²) in [5.74, 6) is 1.06. The predicted octanol–water partition coefficient (Wildman–Crippen LogP) is 4.78. The highest BCUT2D eigenvalue weighted by Gasteiger charge is 2.13. The van der Waals surface area contributed by atoms with E-state index in [0.717, 1.165) is 16.8 Å². The first-order valence-electron chi connectivity index (χ1n) is 8.59. The number of hydrogen-bond donors (Lipinski definition) is 1. The topological polar surface area (TPSA) is 59.8 Å². The van der Waals surface area contributed by atoms with Crippen molar-refractivity contribution >= 4 is 17.3 Å². The number of nitrogens with one attached hydrogen (secondary N) is 1. The molecule has 0 bridgehead atoms. The molecule has 2 heterocycles. The van der Waals surface area contributed by atoms with Gasteiger partial charge in [-0.1, -0.05) is 17.7 Å². The highest BCUT2D eigenvalue weighted by molar-refractivity contribution is 5.75. The molecular weight excluding hydrogens is 350 g/mol. The van der Waals surface area contributed by atoms with E-state index in [1.165, 1.54) is 23.9 Å². The number of alkyl halides is 2. The number of aryl methyl sites for hydroxylation is 2. The number of carbonyl (C=O) groups excluding carboxylic acids is 1. The lowest BCUT2D eigenvalue weighted by molar-refractivity contribution is -0.116. The number of carbonyl (C=O) groups is 1. The molecule has 0 spiro atoms. The molecule has 0 saturated carbocycles. The molecular formula is C20H20F2N4O. The van der Waals surface area contributed by atoms with Crippen molar-refractivity contribution in [3.8, 4) is 5.82 Å². The highest BCUT2D eigenvalue weighted by Crippen LogP contribution is 2.22. The molecule has 0 aliphatic heterocycles. The number of Topliss-reactive ketones (excluding diaryl/α,β-unsaturated/α-hetero) is 1. The molecule has 3 aromatic rings. The van der Waals surface area contributed by atoms with Crippen molar-refractivity contribution in [3.63, 3.8) is 0 Å². The molecule has 7 heteroatoms. The van der Waals surface area contributed by atoms with Crippen molar-refractivity contribution in [2.45, 2.75) is 33.1 Å². The van der Waals surface area contributed by atoms with Crippen LogP contribution in [0.1, 0.15) is 36.6 Å². The Hall–Kier alpha value is -3.09. The molecule has 0 radical (unpaired) electrons. The average molecular weight is 370 g/mol. The molecule has 0 fully saturated rings. The fourth-order valence-corrected chi connectivity index (χ4v) is 2.58. The van der Waals surface area contributed by atoms with E-state index >= 15 is 0 Å². The zero-order valence-corrected chi connectivity index (χ0v) is 15.1. The van der Waals surface area contributed by atoms with Gasteiger partial charge in [0.2, 0.25) is 0 Å². The van der Waals surface area contributed by atoms with E-state index in [4.69, 9.17) is 0 Å². The van der Waals surface area contributed by atoms with Gasteiger partial charge in [-0.05, 0) is 56.2 Å². The van der Waals surface area contributed by atoms with Gasteiger partial charge in [-0.25, -0.2) is 18.4 Å². The minimum absolute atomic E-state index is 0.0838. The Kier molecular flexibility index (Phi) is 5.59. The second-order valence-electron chi connectivity index (χ2n) is 6.40. The van der Waals surface area contributed by atoms with E-state index in [9.17, 15) is 13.6 Å². The normalized spacial score (nSPS) is 11.0. The molecule has 0 aliphatic carbocycles. The van der Waals surface area contributed by atoms with Crippen molar-refractivity contribution in [3.05, 3.63) is 65.5 Å². The van der Waals surface area contributed by atoms with Crippen LogP contribution in [0, 0.1) is 6.92 Å². The monoisotopic (exact) mass is 370 g/mol. The molecule has 140 valence electrons. The number of nitrogens with zero attached hydrogens (tertiary/aromatic N) is 3. The number of hydrogen-bond acceptors (Lipinski definition) is 4. The smallest absolute Gasteiger partial charge is 0.282 e. The van der Waals surface area contributed by atoms with Gasteiger partial charge in [0.25, 0.3) is 6.43 Å². The maximum atomic E-state index is 12.8. The summed E-state index contributed by atoms with van der Waals surface area (Å²) in [4.78, 5) is 15.8. The molecule has 0 saturated heterocycles. The standard InChI is InChI=1S/C20H20F2N4O/c1-13-3-7-16(8-4-13)23-18-11-15(6-5-14(2)27)12-19(24-18)26-10-9-17(25-26)20(21)22/h3-4,7-12,20H,5-6H2,1-2H3,(H,23,24). The Labute approximate surface area is 156 Å². The van der Waals surface area contributed by atoms with Crippen LogP contribution in [0.25, 0.3) is 5.82 Å². The van der Waals surface area contributed by atoms with E-state index in [1.54, 1.807) is 6.07 Å². The quantitative estimate of drug-likeness (QED) is 0.650. The van der Waals surface area contributed by atoms with Crippen LogP contribution in [0.15, 0.2) is 48.7 Å². The largest absolute Gasteiger partial charge is 0.340 e. The summed E-state index contributed by atoms with van der Waals surface area (Å²) in [6.07, 6.45) is -0.253. The number of benzene rings is 1. The second-order valence-corrected chi connectivity index (χ2v) is 6.40. The Morgan fingerprint density at radius 2 is 1.93 bits per heavy atom. The fraction of sp³-hybridized carbons (Fsp3) is 0.250. The first-order valence-corrected chi connectivity index (χ1v) is 8.59. The molecule has 27 heavy (non-hydrogen) atoms. The summed E-state index contributed by atoms with van der Waals surface area (Å²) in [5, 5.41) is 7.10. The van der Waals surface area contributed by atoms with Gasteiger partial charge in [-0.2, -0.15) is 5.10 Å². The maximum absolute atomic E-state index is 12.8. The number of anilines is 2. The Morgan fingerprint density at radius 3 is 2.56 bits per heavy atom. The van der Waals surface area contributed by atoms with Crippen LogP contribution in [-0.4, -0.2) is 20.5 Å². The van der Waals surface area contributed by atoms with Crippen LogP contribution < -0.4 is 5.32 Å². The molecule has 1 aromatic carbocycles. The van der Waals surface area contributed by atoms with E-state index in [1.807, 2.05) is 37.3 Å². The molecule has 1 N–H and O–H groups in total. The average Bonchev–Trinajstić information content (AvgIpc) is 3.12. The first-order chi connectivity index (χ1) is 12.9. The highest BCUT2D eigenvalue weighted by atomic mass is 19.3.